The number of benzene rings is 1. The third-order valence-corrected chi connectivity index (χ3v) is 4.82. The molecule has 1 aromatic carbocycles. The number of fused-ring (bicyclic) bond motifs is 1. The van der Waals surface area contributed by atoms with E-state index in [1.54, 1.807) is 23.1 Å². The molecule has 90 valence electrons. The van der Waals surface area contributed by atoms with E-state index in [-0.39, 0.29) is 5.91 Å². The number of rotatable bonds is 5. The number of hydrogen-bond donors (Lipinski definition) is 1. The zero-order valence-electron chi connectivity index (χ0n) is 9.55. The number of amides is 1. The van der Waals surface area contributed by atoms with Crippen molar-refractivity contribution in [3.05, 3.63) is 24.3 Å². The van der Waals surface area contributed by atoms with Gasteiger partial charge in [-0.1, -0.05) is 30.8 Å². The maximum absolute atomic E-state index is 10.8. The van der Waals surface area contributed by atoms with Crippen molar-refractivity contribution < 1.29 is 4.79 Å². The van der Waals surface area contributed by atoms with Crippen LogP contribution < -0.4 is 5.73 Å². The molecule has 0 spiro atoms. The van der Waals surface area contributed by atoms with E-state index < -0.39 is 0 Å². The summed E-state index contributed by atoms with van der Waals surface area (Å²) in [5.74, 6) is 0.940. The summed E-state index contributed by atoms with van der Waals surface area (Å²) in [6, 6.07) is 8.10. The van der Waals surface area contributed by atoms with Crippen molar-refractivity contribution in [2.45, 2.75) is 17.7 Å². The van der Waals surface area contributed by atoms with Gasteiger partial charge in [-0.25, -0.2) is 4.98 Å². The second-order valence-electron chi connectivity index (χ2n) is 4.03. The van der Waals surface area contributed by atoms with E-state index in [0.717, 1.165) is 15.6 Å². The van der Waals surface area contributed by atoms with Crippen LogP contribution >= 0.6 is 23.1 Å². The summed E-state index contributed by atoms with van der Waals surface area (Å²) < 4.78 is 2.26. The fourth-order valence-corrected chi connectivity index (χ4v) is 3.64. The second kappa shape index (κ2) is 5.51. The van der Waals surface area contributed by atoms with E-state index in [1.807, 2.05) is 25.1 Å². The maximum atomic E-state index is 10.8. The maximum Gasteiger partial charge on any atom is 0.217 e. The SMILES string of the molecule is CC(CSc1nc2ccccc2s1)CC(N)=O. The molecule has 3 nitrogen and oxygen atoms in total. The normalized spacial score (nSPS) is 12.8. The lowest BCUT2D eigenvalue weighted by Gasteiger charge is -2.05. The number of carbonyl (C=O) groups excluding carboxylic acids is 1. The highest BCUT2D eigenvalue weighted by Crippen LogP contribution is 2.30. The Labute approximate surface area is 108 Å². The highest BCUT2D eigenvalue weighted by Gasteiger charge is 2.09. The summed E-state index contributed by atoms with van der Waals surface area (Å²) >= 11 is 3.39. The molecular formula is C12H14N2OS2. The fourth-order valence-electron chi connectivity index (χ4n) is 1.53. The van der Waals surface area contributed by atoms with E-state index in [4.69, 9.17) is 5.73 Å². The van der Waals surface area contributed by atoms with Crippen molar-refractivity contribution in [2.75, 3.05) is 5.75 Å². The molecule has 0 aliphatic heterocycles. The van der Waals surface area contributed by atoms with Crippen molar-refractivity contribution in [3.63, 3.8) is 0 Å². The van der Waals surface area contributed by atoms with E-state index >= 15 is 0 Å². The first-order valence-electron chi connectivity index (χ1n) is 5.42. The van der Waals surface area contributed by atoms with Crippen LogP contribution in [0.3, 0.4) is 0 Å². The van der Waals surface area contributed by atoms with E-state index in [9.17, 15) is 4.79 Å². The zero-order valence-corrected chi connectivity index (χ0v) is 11.2. The van der Waals surface area contributed by atoms with Crippen LogP contribution in [-0.4, -0.2) is 16.6 Å². The minimum Gasteiger partial charge on any atom is -0.370 e. The molecule has 1 amide bonds. The summed E-state index contributed by atoms with van der Waals surface area (Å²) in [7, 11) is 0. The van der Waals surface area contributed by atoms with Gasteiger partial charge < -0.3 is 5.73 Å². The molecule has 17 heavy (non-hydrogen) atoms. The molecular weight excluding hydrogens is 252 g/mol. The Morgan fingerprint density at radius 2 is 2.29 bits per heavy atom. The second-order valence-corrected chi connectivity index (χ2v) is 6.33. The summed E-state index contributed by atoms with van der Waals surface area (Å²) in [5.41, 5.74) is 6.21. The van der Waals surface area contributed by atoms with Crippen LogP contribution in [0.1, 0.15) is 13.3 Å². The monoisotopic (exact) mass is 266 g/mol. The number of primary amides is 1. The number of aromatic nitrogens is 1. The highest BCUT2D eigenvalue weighted by molar-refractivity contribution is 8.01. The van der Waals surface area contributed by atoms with E-state index in [0.29, 0.717) is 12.3 Å². The van der Waals surface area contributed by atoms with Crippen LogP contribution in [0, 0.1) is 5.92 Å². The minimum absolute atomic E-state index is 0.234. The van der Waals surface area contributed by atoms with Gasteiger partial charge in [0.1, 0.15) is 0 Å². The Bertz CT molecular complexity index is 491. The van der Waals surface area contributed by atoms with Gasteiger partial charge in [0.2, 0.25) is 5.91 Å². The number of hydrogen-bond acceptors (Lipinski definition) is 4. The predicted octanol–water partition coefficient (Wildman–Crippen LogP) is 2.90. The zero-order chi connectivity index (χ0) is 12.3. The van der Waals surface area contributed by atoms with E-state index in [2.05, 4.69) is 11.1 Å². The van der Waals surface area contributed by atoms with Gasteiger partial charge in [-0.2, -0.15) is 0 Å². The molecule has 1 aromatic heterocycles. The number of thioether (sulfide) groups is 1. The van der Waals surface area contributed by atoms with Crippen molar-refractivity contribution in [1.29, 1.82) is 0 Å². The van der Waals surface area contributed by atoms with Gasteiger partial charge >= 0.3 is 0 Å². The lowest BCUT2D eigenvalue weighted by molar-refractivity contribution is -0.118. The molecule has 0 saturated carbocycles. The van der Waals surface area contributed by atoms with Crippen LogP contribution in [0.4, 0.5) is 0 Å². The first-order valence-corrected chi connectivity index (χ1v) is 7.22. The quantitative estimate of drug-likeness (QED) is 0.847. The molecule has 0 saturated heterocycles. The van der Waals surface area contributed by atoms with Gasteiger partial charge in [-0.05, 0) is 18.1 Å². The topological polar surface area (TPSA) is 56.0 Å². The average Bonchev–Trinajstić information content (AvgIpc) is 2.68. The third-order valence-electron chi connectivity index (χ3n) is 2.32. The van der Waals surface area contributed by atoms with Crippen molar-refractivity contribution in [1.82, 2.24) is 4.98 Å². The number of para-hydroxylation sites is 1. The average molecular weight is 266 g/mol. The summed E-state index contributed by atoms with van der Waals surface area (Å²) in [6.45, 7) is 2.03. The summed E-state index contributed by atoms with van der Waals surface area (Å²) in [5, 5.41) is 0. The van der Waals surface area contributed by atoms with Gasteiger partial charge in [0.15, 0.2) is 4.34 Å². The molecule has 0 bridgehead atoms. The van der Waals surface area contributed by atoms with Crippen molar-refractivity contribution >= 4 is 39.2 Å². The van der Waals surface area contributed by atoms with Gasteiger partial charge in [-0.15, -0.1) is 11.3 Å². The van der Waals surface area contributed by atoms with Crippen LogP contribution in [0.2, 0.25) is 0 Å². The molecule has 2 rings (SSSR count). The summed E-state index contributed by atoms with van der Waals surface area (Å²) in [4.78, 5) is 15.3. The smallest absolute Gasteiger partial charge is 0.217 e. The van der Waals surface area contributed by atoms with E-state index in [1.165, 1.54) is 4.70 Å². The molecule has 1 unspecified atom stereocenters. The first kappa shape index (κ1) is 12.4. The Balaban J connectivity index is 1.97. The molecule has 0 radical (unpaired) electrons. The number of nitrogens with two attached hydrogens (primary N) is 1. The van der Waals surface area contributed by atoms with Crippen LogP contribution in [-0.2, 0) is 4.79 Å². The molecule has 0 fully saturated rings. The van der Waals surface area contributed by atoms with Crippen LogP contribution in [0.15, 0.2) is 28.6 Å². The molecule has 1 heterocycles. The molecule has 0 aliphatic carbocycles. The van der Waals surface area contributed by atoms with Gasteiger partial charge in [0.25, 0.3) is 0 Å². The minimum atomic E-state index is -0.234. The molecule has 5 heteroatoms. The van der Waals surface area contributed by atoms with Crippen molar-refractivity contribution in [2.24, 2.45) is 11.7 Å². The lowest BCUT2D eigenvalue weighted by Crippen LogP contribution is -2.15. The van der Waals surface area contributed by atoms with Gasteiger partial charge in [-0.3, -0.25) is 4.79 Å². The number of carbonyl (C=O) groups is 1. The molecule has 2 aromatic rings. The summed E-state index contributed by atoms with van der Waals surface area (Å²) in [6.07, 6.45) is 0.442. The predicted molar refractivity (Wildman–Crippen MR) is 73.3 cm³/mol. The van der Waals surface area contributed by atoms with Gasteiger partial charge in [0, 0.05) is 12.2 Å². The van der Waals surface area contributed by atoms with Crippen LogP contribution in [0.5, 0.6) is 0 Å². The Hall–Kier alpha value is -1.07. The fraction of sp³-hybridized carbons (Fsp3) is 0.333. The Morgan fingerprint density at radius 1 is 1.53 bits per heavy atom. The third kappa shape index (κ3) is 3.44. The highest BCUT2D eigenvalue weighted by atomic mass is 32.2. The number of thiazole rings is 1. The molecule has 1 atom stereocenters. The van der Waals surface area contributed by atoms with Crippen LogP contribution in [0.25, 0.3) is 10.2 Å². The molecule has 2 N–H and O–H groups in total. The first-order chi connectivity index (χ1) is 8.15. The Morgan fingerprint density at radius 3 is 3.00 bits per heavy atom. The van der Waals surface area contributed by atoms with Gasteiger partial charge in [0.05, 0.1) is 10.2 Å². The standard InChI is InChI=1S/C12H14N2OS2/c1-8(6-11(13)15)7-16-12-14-9-4-2-3-5-10(9)17-12/h2-5,8H,6-7H2,1H3,(H2,13,15). The van der Waals surface area contributed by atoms with Crippen molar-refractivity contribution in [3.8, 4) is 0 Å². The Kier molecular flexibility index (Phi) is 4.02. The largest absolute Gasteiger partial charge is 0.370 e. The molecule has 0 aliphatic rings. The lowest BCUT2D eigenvalue weighted by atomic mass is 10.1. The number of nitrogens with zero attached hydrogens (tertiary/aromatic N) is 1.